The molecule has 3 heteroatoms. The van der Waals surface area contributed by atoms with Gasteiger partial charge in [0.2, 0.25) is 0 Å². The number of nitrogens with one attached hydrogen (secondary N) is 1. The third-order valence-corrected chi connectivity index (χ3v) is 2.69. The van der Waals surface area contributed by atoms with Crippen LogP contribution >= 0.6 is 11.3 Å². The van der Waals surface area contributed by atoms with E-state index in [4.69, 9.17) is 0 Å². The van der Waals surface area contributed by atoms with Crippen molar-refractivity contribution < 1.29 is 0 Å². The first-order valence-electron chi connectivity index (χ1n) is 4.28. The third-order valence-electron chi connectivity index (χ3n) is 1.59. The number of hydrogen-bond donors (Lipinski definition) is 1. The molecule has 1 aromatic rings. The molecule has 1 atom stereocenters. The zero-order valence-corrected chi connectivity index (χ0v) is 8.90. The monoisotopic (exact) mass is 184 g/mol. The Hall–Kier alpha value is -0.410. The highest BCUT2D eigenvalue weighted by atomic mass is 32.1. The van der Waals surface area contributed by atoms with Gasteiger partial charge in [-0.1, -0.05) is 13.8 Å². The number of hydrogen-bond acceptors (Lipinski definition) is 3. The van der Waals surface area contributed by atoms with Crippen molar-refractivity contribution in [1.29, 1.82) is 0 Å². The van der Waals surface area contributed by atoms with Gasteiger partial charge in [0.15, 0.2) is 0 Å². The summed E-state index contributed by atoms with van der Waals surface area (Å²) in [6, 6.07) is 0.896. The Morgan fingerprint density at radius 2 is 2.08 bits per heavy atom. The van der Waals surface area contributed by atoms with Crippen LogP contribution < -0.4 is 5.32 Å². The van der Waals surface area contributed by atoms with Gasteiger partial charge in [-0.2, -0.15) is 0 Å². The zero-order valence-electron chi connectivity index (χ0n) is 8.09. The largest absolute Gasteiger partial charge is 0.306 e. The average molecular weight is 184 g/mol. The van der Waals surface area contributed by atoms with Crippen LogP contribution in [0.25, 0.3) is 0 Å². The molecular weight excluding hydrogens is 168 g/mol. The van der Waals surface area contributed by atoms with Gasteiger partial charge in [0, 0.05) is 17.1 Å². The highest BCUT2D eigenvalue weighted by molar-refractivity contribution is 7.11. The fraction of sp³-hybridized carbons (Fsp3) is 0.667. The van der Waals surface area contributed by atoms with Crippen LogP contribution in [-0.4, -0.2) is 11.0 Å². The van der Waals surface area contributed by atoms with Gasteiger partial charge in [0.05, 0.1) is 6.04 Å². The van der Waals surface area contributed by atoms with Gasteiger partial charge in [0.25, 0.3) is 0 Å². The molecule has 0 aliphatic heterocycles. The summed E-state index contributed by atoms with van der Waals surface area (Å²) in [6.07, 6.45) is 1.93. The van der Waals surface area contributed by atoms with Gasteiger partial charge in [-0.05, 0) is 13.8 Å². The van der Waals surface area contributed by atoms with Crippen LogP contribution in [0.15, 0.2) is 6.20 Å². The maximum Gasteiger partial charge on any atom is 0.109 e. The summed E-state index contributed by atoms with van der Waals surface area (Å²) >= 11 is 1.76. The number of aromatic nitrogens is 1. The lowest BCUT2D eigenvalue weighted by atomic mass is 10.3. The molecule has 1 rings (SSSR count). The van der Waals surface area contributed by atoms with E-state index in [1.165, 1.54) is 9.88 Å². The molecule has 0 saturated heterocycles. The van der Waals surface area contributed by atoms with Crippen LogP contribution in [0, 0.1) is 6.92 Å². The molecule has 0 bridgehead atoms. The molecule has 0 aliphatic rings. The standard InChI is InChI=1S/C9H16N2S/c1-6(2)11-8(4)9-10-5-7(3)12-9/h5-6,8,11H,1-4H3. The number of thiazole rings is 1. The molecule has 68 valence electrons. The van der Waals surface area contributed by atoms with Crippen molar-refractivity contribution in [1.82, 2.24) is 10.3 Å². The summed E-state index contributed by atoms with van der Waals surface area (Å²) in [7, 11) is 0. The maximum absolute atomic E-state index is 4.32. The summed E-state index contributed by atoms with van der Waals surface area (Å²) in [5.74, 6) is 0. The van der Waals surface area contributed by atoms with E-state index in [9.17, 15) is 0 Å². The van der Waals surface area contributed by atoms with Gasteiger partial charge in [-0.25, -0.2) is 4.98 Å². The Morgan fingerprint density at radius 3 is 2.50 bits per heavy atom. The molecule has 12 heavy (non-hydrogen) atoms. The van der Waals surface area contributed by atoms with Crippen molar-refractivity contribution in [2.75, 3.05) is 0 Å². The van der Waals surface area contributed by atoms with E-state index in [2.05, 4.69) is 38.0 Å². The predicted octanol–water partition coefficient (Wildman–Crippen LogP) is 2.51. The van der Waals surface area contributed by atoms with Gasteiger partial charge in [0.1, 0.15) is 5.01 Å². The van der Waals surface area contributed by atoms with Crippen molar-refractivity contribution in [2.24, 2.45) is 0 Å². The van der Waals surface area contributed by atoms with E-state index >= 15 is 0 Å². The fourth-order valence-corrected chi connectivity index (χ4v) is 1.93. The summed E-state index contributed by atoms with van der Waals surface area (Å²) in [4.78, 5) is 5.60. The summed E-state index contributed by atoms with van der Waals surface area (Å²) < 4.78 is 0. The van der Waals surface area contributed by atoms with Gasteiger partial charge < -0.3 is 5.32 Å². The van der Waals surface area contributed by atoms with Crippen LogP contribution in [0.2, 0.25) is 0 Å². The number of aryl methyl sites for hydroxylation is 1. The molecule has 0 radical (unpaired) electrons. The Bertz CT molecular complexity index is 242. The lowest BCUT2D eigenvalue weighted by Crippen LogP contribution is -2.25. The molecule has 0 spiro atoms. The van der Waals surface area contributed by atoms with Crippen molar-refractivity contribution in [2.45, 2.75) is 39.8 Å². The predicted molar refractivity (Wildman–Crippen MR) is 53.5 cm³/mol. The molecule has 1 unspecified atom stereocenters. The Balaban J connectivity index is 2.58. The van der Waals surface area contributed by atoms with Crippen molar-refractivity contribution in [3.8, 4) is 0 Å². The van der Waals surface area contributed by atoms with E-state index in [-0.39, 0.29) is 0 Å². The highest BCUT2D eigenvalue weighted by Crippen LogP contribution is 2.18. The van der Waals surface area contributed by atoms with Gasteiger partial charge in [-0.3, -0.25) is 0 Å². The lowest BCUT2D eigenvalue weighted by Gasteiger charge is -2.13. The average Bonchev–Trinajstić information content (AvgIpc) is 2.34. The molecule has 0 saturated carbocycles. The molecule has 0 aromatic carbocycles. The minimum Gasteiger partial charge on any atom is -0.306 e. The first kappa shape index (κ1) is 9.68. The van der Waals surface area contributed by atoms with E-state index < -0.39 is 0 Å². The van der Waals surface area contributed by atoms with Crippen LogP contribution in [0.5, 0.6) is 0 Å². The Labute approximate surface area is 78.0 Å². The van der Waals surface area contributed by atoms with E-state index in [0.717, 1.165) is 0 Å². The molecular formula is C9H16N2S. The third kappa shape index (κ3) is 2.57. The van der Waals surface area contributed by atoms with Crippen molar-refractivity contribution in [3.63, 3.8) is 0 Å². The molecule has 1 N–H and O–H groups in total. The van der Waals surface area contributed by atoms with Crippen LogP contribution in [0.4, 0.5) is 0 Å². The second kappa shape index (κ2) is 4.01. The summed E-state index contributed by atoms with van der Waals surface area (Å²) in [6.45, 7) is 8.54. The summed E-state index contributed by atoms with van der Waals surface area (Å²) in [5, 5.41) is 4.60. The van der Waals surface area contributed by atoms with Crippen LogP contribution in [0.3, 0.4) is 0 Å². The molecule has 0 amide bonds. The SMILES string of the molecule is Cc1cnc(C(C)NC(C)C)s1. The van der Waals surface area contributed by atoms with E-state index in [1.807, 2.05) is 6.20 Å². The molecule has 2 nitrogen and oxygen atoms in total. The highest BCUT2D eigenvalue weighted by Gasteiger charge is 2.09. The normalized spacial score (nSPS) is 13.8. The van der Waals surface area contributed by atoms with Crippen LogP contribution in [-0.2, 0) is 0 Å². The van der Waals surface area contributed by atoms with E-state index in [1.54, 1.807) is 11.3 Å². The zero-order chi connectivity index (χ0) is 9.14. The van der Waals surface area contributed by atoms with Crippen molar-refractivity contribution >= 4 is 11.3 Å². The Morgan fingerprint density at radius 1 is 1.42 bits per heavy atom. The lowest BCUT2D eigenvalue weighted by molar-refractivity contribution is 0.504. The van der Waals surface area contributed by atoms with Crippen molar-refractivity contribution in [3.05, 3.63) is 16.1 Å². The minimum atomic E-state index is 0.378. The summed E-state index contributed by atoms with van der Waals surface area (Å²) in [5.41, 5.74) is 0. The topological polar surface area (TPSA) is 24.9 Å². The smallest absolute Gasteiger partial charge is 0.109 e. The van der Waals surface area contributed by atoms with Crippen LogP contribution in [0.1, 0.15) is 36.7 Å². The number of nitrogens with zero attached hydrogens (tertiary/aromatic N) is 1. The Kier molecular flexibility index (Phi) is 3.23. The first-order valence-corrected chi connectivity index (χ1v) is 5.09. The first-order chi connectivity index (χ1) is 5.59. The van der Waals surface area contributed by atoms with E-state index in [0.29, 0.717) is 12.1 Å². The van der Waals surface area contributed by atoms with Gasteiger partial charge >= 0.3 is 0 Å². The molecule has 1 aromatic heterocycles. The molecule has 0 fully saturated rings. The quantitative estimate of drug-likeness (QED) is 0.780. The fourth-order valence-electron chi connectivity index (χ4n) is 1.14. The minimum absolute atomic E-state index is 0.378. The molecule has 1 heterocycles. The second-order valence-electron chi connectivity index (χ2n) is 3.35. The number of rotatable bonds is 3. The molecule has 0 aliphatic carbocycles. The van der Waals surface area contributed by atoms with Gasteiger partial charge in [-0.15, -0.1) is 11.3 Å². The second-order valence-corrected chi connectivity index (χ2v) is 4.62. The maximum atomic E-state index is 4.32.